The van der Waals surface area contributed by atoms with Gasteiger partial charge in [0.25, 0.3) is 0 Å². The number of hydrogen-bond donors (Lipinski definition) is 0. The Labute approximate surface area is 97.2 Å². The third-order valence-electron chi connectivity index (χ3n) is 2.73. The van der Waals surface area contributed by atoms with E-state index in [0.717, 1.165) is 35.6 Å². The highest BCUT2D eigenvalue weighted by Crippen LogP contribution is 2.28. The molecule has 0 spiro atoms. The summed E-state index contributed by atoms with van der Waals surface area (Å²) in [6.07, 6.45) is 7.60. The summed E-state index contributed by atoms with van der Waals surface area (Å²) in [7, 11) is 0. The maximum atomic E-state index is 5.63. The van der Waals surface area contributed by atoms with Crippen molar-refractivity contribution in [1.29, 1.82) is 0 Å². The van der Waals surface area contributed by atoms with Gasteiger partial charge in [0.05, 0.1) is 6.33 Å². The number of rotatable bonds is 2. The van der Waals surface area contributed by atoms with Crippen molar-refractivity contribution in [1.82, 2.24) is 19.5 Å². The molecular weight excluding hydrogens is 224 g/mol. The van der Waals surface area contributed by atoms with Crippen molar-refractivity contribution < 1.29 is 4.74 Å². The highest BCUT2D eigenvalue weighted by Gasteiger charge is 2.20. The molecule has 5 nitrogen and oxygen atoms in total. The molecule has 1 saturated heterocycles. The topological polar surface area (TPSA) is 52.8 Å². The lowest BCUT2D eigenvalue weighted by Crippen LogP contribution is -2.06. The second kappa shape index (κ2) is 4.03. The molecule has 0 aromatic carbocycles. The molecule has 0 N–H and O–H groups in total. The lowest BCUT2D eigenvalue weighted by Gasteiger charge is -2.10. The zero-order valence-electron chi connectivity index (χ0n) is 8.96. The fourth-order valence-corrected chi connectivity index (χ4v) is 2.46. The number of ether oxygens (including phenoxy) is 1. The van der Waals surface area contributed by atoms with Gasteiger partial charge in [0.2, 0.25) is 0 Å². The summed E-state index contributed by atoms with van der Waals surface area (Å²) in [5.41, 5.74) is 1.73. The van der Waals surface area contributed by atoms with E-state index in [1.54, 1.807) is 24.4 Å². The summed E-state index contributed by atoms with van der Waals surface area (Å²) < 4.78 is 7.64. The van der Waals surface area contributed by atoms with E-state index in [-0.39, 0.29) is 6.23 Å². The highest BCUT2D eigenvalue weighted by atomic mass is 32.2. The average Bonchev–Trinajstić information content (AvgIpc) is 2.96. The minimum Gasteiger partial charge on any atom is -0.358 e. The van der Waals surface area contributed by atoms with Crippen LogP contribution in [0.2, 0.25) is 0 Å². The summed E-state index contributed by atoms with van der Waals surface area (Å²) >= 11 is 1.59. The van der Waals surface area contributed by atoms with Gasteiger partial charge in [-0.05, 0) is 19.1 Å². The van der Waals surface area contributed by atoms with Crippen molar-refractivity contribution in [3.05, 3.63) is 12.7 Å². The predicted octanol–water partition coefficient (Wildman–Crippen LogP) is 1.86. The zero-order valence-corrected chi connectivity index (χ0v) is 9.78. The van der Waals surface area contributed by atoms with Crippen molar-refractivity contribution >= 4 is 22.9 Å². The molecule has 6 heteroatoms. The number of fused-ring (bicyclic) bond motifs is 1. The van der Waals surface area contributed by atoms with Crippen LogP contribution in [0.5, 0.6) is 0 Å². The van der Waals surface area contributed by atoms with Crippen LogP contribution >= 0.6 is 11.8 Å². The SMILES string of the molecule is CSc1ncnc2c1ncn2[C@H]1CCCO1. The molecule has 1 aliphatic heterocycles. The van der Waals surface area contributed by atoms with Gasteiger partial charge in [0.1, 0.15) is 23.1 Å². The lowest BCUT2D eigenvalue weighted by molar-refractivity contribution is 0.0593. The molecule has 0 saturated carbocycles. The molecule has 1 atom stereocenters. The van der Waals surface area contributed by atoms with E-state index in [0.29, 0.717) is 0 Å². The minimum atomic E-state index is 0.0922. The molecule has 1 aliphatic rings. The van der Waals surface area contributed by atoms with Gasteiger partial charge in [-0.2, -0.15) is 0 Å². The number of imidazole rings is 1. The summed E-state index contributed by atoms with van der Waals surface area (Å²) in [6.45, 7) is 0.824. The van der Waals surface area contributed by atoms with E-state index in [9.17, 15) is 0 Å². The van der Waals surface area contributed by atoms with Gasteiger partial charge in [0, 0.05) is 6.61 Å². The molecule has 16 heavy (non-hydrogen) atoms. The third-order valence-corrected chi connectivity index (χ3v) is 3.42. The summed E-state index contributed by atoms with van der Waals surface area (Å²) in [5, 5.41) is 0.918. The quantitative estimate of drug-likeness (QED) is 0.588. The van der Waals surface area contributed by atoms with Gasteiger partial charge >= 0.3 is 0 Å². The second-order valence-corrected chi connectivity index (χ2v) is 4.47. The summed E-state index contributed by atoms with van der Waals surface area (Å²) in [5.74, 6) is 0. The van der Waals surface area contributed by atoms with E-state index in [2.05, 4.69) is 15.0 Å². The van der Waals surface area contributed by atoms with Crippen molar-refractivity contribution in [2.24, 2.45) is 0 Å². The maximum Gasteiger partial charge on any atom is 0.166 e. The molecule has 0 unspecified atom stereocenters. The van der Waals surface area contributed by atoms with Crippen LogP contribution in [0.3, 0.4) is 0 Å². The molecule has 3 rings (SSSR count). The van der Waals surface area contributed by atoms with Crippen LogP contribution in [0, 0.1) is 0 Å². The molecule has 0 bridgehead atoms. The van der Waals surface area contributed by atoms with Gasteiger partial charge in [-0.15, -0.1) is 11.8 Å². The predicted molar refractivity (Wildman–Crippen MR) is 61.3 cm³/mol. The van der Waals surface area contributed by atoms with Crippen LogP contribution in [-0.4, -0.2) is 32.4 Å². The number of nitrogens with zero attached hydrogens (tertiary/aromatic N) is 4. The molecule has 0 radical (unpaired) electrons. The Morgan fingerprint density at radius 3 is 3.12 bits per heavy atom. The number of hydrogen-bond acceptors (Lipinski definition) is 5. The normalized spacial score (nSPS) is 20.7. The molecule has 2 aromatic heterocycles. The van der Waals surface area contributed by atoms with E-state index < -0.39 is 0 Å². The van der Waals surface area contributed by atoms with Gasteiger partial charge < -0.3 is 4.74 Å². The van der Waals surface area contributed by atoms with Gasteiger partial charge in [-0.1, -0.05) is 0 Å². The molecular formula is C10H12N4OS. The van der Waals surface area contributed by atoms with Crippen LogP contribution in [0.1, 0.15) is 19.1 Å². The zero-order chi connectivity index (χ0) is 11.0. The average molecular weight is 236 g/mol. The minimum absolute atomic E-state index is 0.0922. The first-order valence-corrected chi connectivity index (χ1v) is 6.46. The van der Waals surface area contributed by atoms with E-state index >= 15 is 0 Å². The molecule has 2 aromatic rings. The Morgan fingerprint density at radius 2 is 2.38 bits per heavy atom. The van der Waals surface area contributed by atoms with E-state index in [1.807, 2.05) is 10.8 Å². The molecule has 1 fully saturated rings. The van der Waals surface area contributed by atoms with Crippen molar-refractivity contribution in [2.45, 2.75) is 24.1 Å². The van der Waals surface area contributed by atoms with Crippen molar-refractivity contribution in [3.63, 3.8) is 0 Å². The first-order chi connectivity index (χ1) is 7.90. The summed E-state index contributed by atoms with van der Waals surface area (Å²) in [4.78, 5) is 12.9. The van der Waals surface area contributed by atoms with Crippen LogP contribution in [-0.2, 0) is 4.74 Å². The van der Waals surface area contributed by atoms with Gasteiger partial charge in [-0.3, -0.25) is 4.57 Å². The Hall–Kier alpha value is -1.14. The van der Waals surface area contributed by atoms with Gasteiger partial charge in [0.15, 0.2) is 5.65 Å². The smallest absolute Gasteiger partial charge is 0.166 e. The third kappa shape index (κ3) is 1.49. The standard InChI is InChI=1S/C10H12N4OS/c1-16-10-8-9(11-5-12-10)14(6-13-8)7-3-2-4-15-7/h5-7H,2-4H2,1H3/t7-/m1/s1. The Bertz CT molecular complexity index is 506. The molecule has 84 valence electrons. The maximum absolute atomic E-state index is 5.63. The lowest BCUT2D eigenvalue weighted by atomic mass is 10.3. The van der Waals surface area contributed by atoms with Crippen LogP contribution in [0.4, 0.5) is 0 Å². The Balaban J connectivity index is 2.12. The van der Waals surface area contributed by atoms with Crippen LogP contribution in [0.25, 0.3) is 11.2 Å². The highest BCUT2D eigenvalue weighted by molar-refractivity contribution is 7.98. The van der Waals surface area contributed by atoms with E-state index in [1.165, 1.54) is 0 Å². The molecule has 0 aliphatic carbocycles. The molecule has 3 heterocycles. The van der Waals surface area contributed by atoms with Crippen molar-refractivity contribution in [2.75, 3.05) is 12.9 Å². The Kier molecular flexibility index (Phi) is 2.53. The first-order valence-electron chi connectivity index (χ1n) is 5.23. The van der Waals surface area contributed by atoms with Crippen LogP contribution < -0.4 is 0 Å². The fraction of sp³-hybridized carbons (Fsp3) is 0.500. The number of aromatic nitrogens is 4. The van der Waals surface area contributed by atoms with E-state index in [4.69, 9.17) is 4.74 Å². The van der Waals surface area contributed by atoms with Crippen molar-refractivity contribution in [3.8, 4) is 0 Å². The monoisotopic (exact) mass is 236 g/mol. The fourth-order valence-electron chi connectivity index (χ4n) is 1.97. The largest absolute Gasteiger partial charge is 0.358 e. The second-order valence-electron chi connectivity index (χ2n) is 3.67. The van der Waals surface area contributed by atoms with Gasteiger partial charge in [-0.25, -0.2) is 15.0 Å². The molecule has 0 amide bonds. The number of thioether (sulfide) groups is 1. The Morgan fingerprint density at radius 1 is 1.44 bits per heavy atom. The van der Waals surface area contributed by atoms with Crippen LogP contribution in [0.15, 0.2) is 17.7 Å². The first kappa shape index (κ1) is 10.0. The summed E-state index contributed by atoms with van der Waals surface area (Å²) in [6, 6.07) is 0.